The summed E-state index contributed by atoms with van der Waals surface area (Å²) in [6.45, 7) is 6.37. The summed E-state index contributed by atoms with van der Waals surface area (Å²) in [6, 6.07) is 16.8. The number of piperidine rings is 2. The van der Waals surface area contributed by atoms with Crippen LogP contribution in [0, 0.1) is 17.6 Å². The van der Waals surface area contributed by atoms with Crippen LogP contribution in [0.2, 0.25) is 0 Å². The molecule has 0 radical (unpaired) electrons. The van der Waals surface area contributed by atoms with E-state index in [-0.39, 0.29) is 43.3 Å². The van der Waals surface area contributed by atoms with Gasteiger partial charge in [-0.25, -0.2) is 18.2 Å². The minimum absolute atomic E-state index is 0.00344. The molecule has 0 bridgehead atoms. The lowest BCUT2D eigenvalue weighted by Gasteiger charge is -2.40. The largest absolute Gasteiger partial charge is 0.372 e. The van der Waals surface area contributed by atoms with Gasteiger partial charge in [0.05, 0.1) is 11.3 Å². The Bertz CT molecular complexity index is 2860. The number of H-pyrrole nitrogens is 1. The number of aromatic amines is 1. The molecule has 10 rings (SSSR count). The number of aromatic nitrogens is 2. The van der Waals surface area contributed by atoms with Gasteiger partial charge in [-0.3, -0.25) is 34.1 Å². The lowest BCUT2D eigenvalue weighted by atomic mass is 9.95. The molecule has 5 aromatic rings. The zero-order valence-corrected chi connectivity index (χ0v) is 36.8. The van der Waals surface area contributed by atoms with Crippen LogP contribution in [0.1, 0.15) is 63.9 Å². The fourth-order valence-electron chi connectivity index (χ4n) is 9.98. The molecule has 66 heavy (non-hydrogen) atoms. The molecule has 4 fully saturated rings. The summed E-state index contributed by atoms with van der Waals surface area (Å²) in [6.07, 6.45) is 4.31. The number of halogens is 3. The highest BCUT2D eigenvalue weighted by atomic mass is 32.2. The van der Waals surface area contributed by atoms with Gasteiger partial charge in [0.25, 0.3) is 5.91 Å². The van der Waals surface area contributed by atoms with Gasteiger partial charge in [-0.15, -0.1) is 0 Å². The van der Waals surface area contributed by atoms with Gasteiger partial charge in [-0.05, 0) is 91.3 Å². The lowest BCUT2D eigenvalue weighted by molar-refractivity contribution is -0.136. The highest BCUT2D eigenvalue weighted by molar-refractivity contribution is 7.90. The van der Waals surface area contributed by atoms with Crippen molar-refractivity contribution in [1.29, 1.82) is 0 Å². The molecule has 5 aliphatic rings. The first-order valence-electron chi connectivity index (χ1n) is 22.3. The van der Waals surface area contributed by atoms with Crippen molar-refractivity contribution >= 4 is 61.8 Å². The first kappa shape index (κ1) is 43.6. The number of nitrogens with one attached hydrogen (secondary N) is 3. The monoisotopic (exact) mass is 923 g/mol. The second-order valence-electron chi connectivity index (χ2n) is 17.8. The van der Waals surface area contributed by atoms with E-state index in [0.29, 0.717) is 41.0 Å². The van der Waals surface area contributed by atoms with E-state index in [1.54, 1.807) is 17.2 Å². The lowest BCUT2D eigenvalue weighted by Crippen LogP contribution is -2.52. The van der Waals surface area contributed by atoms with Gasteiger partial charge in [0.2, 0.25) is 17.6 Å². The van der Waals surface area contributed by atoms with Gasteiger partial charge in [-0.2, -0.15) is 12.7 Å². The molecule has 1 unspecified atom stereocenters. The van der Waals surface area contributed by atoms with Crippen molar-refractivity contribution in [3.63, 3.8) is 0 Å². The van der Waals surface area contributed by atoms with Crippen LogP contribution >= 0.6 is 0 Å². The molecule has 0 spiro atoms. The molecule has 2 atom stereocenters. The van der Waals surface area contributed by atoms with E-state index in [1.807, 2.05) is 41.1 Å². The number of nitrogens with zero attached hydrogens (tertiary/aromatic N) is 6. The van der Waals surface area contributed by atoms with Gasteiger partial charge >= 0.3 is 10.2 Å². The number of carbonyl (C=O) groups is 4. The van der Waals surface area contributed by atoms with E-state index in [4.69, 9.17) is 0 Å². The molecule has 5 aliphatic heterocycles. The van der Waals surface area contributed by atoms with Crippen LogP contribution in [0.25, 0.3) is 22.2 Å². The number of amides is 3. The van der Waals surface area contributed by atoms with Crippen molar-refractivity contribution in [3.05, 3.63) is 107 Å². The van der Waals surface area contributed by atoms with Gasteiger partial charge in [0, 0.05) is 118 Å². The van der Waals surface area contributed by atoms with Crippen molar-refractivity contribution < 1.29 is 40.8 Å². The standard InChI is InChI=1S/C47H48F3N9O6S/c48-32-13-16-58(27-32)66(64,65)54-39-8-7-38(49)42(43(39)50)44(61)37-24-52-45-36(37)22-30(23-51-45)29-1-3-33(4-2-29)57-19-17-55(18-20-57)25-28-11-14-56(15-12-28)34-5-6-35-31(21-34)26-59(47(35)63)40-9-10-41(60)53-46(40)62/h1-8,21-24,28,32,40,54H,9-20,25-27H2,(H,51,52)(H,53,60,62)/t32-,40?/m1/s1. The Morgan fingerprint density at radius 2 is 1.58 bits per heavy atom. The zero-order chi connectivity index (χ0) is 45.9. The number of hydrogen-bond acceptors (Lipinski definition) is 10. The van der Waals surface area contributed by atoms with Gasteiger partial charge in [-0.1, -0.05) is 12.1 Å². The summed E-state index contributed by atoms with van der Waals surface area (Å²) < 4.78 is 73.1. The second kappa shape index (κ2) is 17.5. The normalized spacial score (nSPS) is 21.2. The quantitative estimate of drug-likeness (QED) is 0.118. The summed E-state index contributed by atoms with van der Waals surface area (Å²) in [7, 11) is -4.36. The number of carbonyl (C=O) groups excluding carboxylic acids is 4. The fourth-order valence-corrected chi connectivity index (χ4v) is 11.3. The van der Waals surface area contributed by atoms with Crippen LogP contribution < -0.4 is 19.8 Å². The van der Waals surface area contributed by atoms with Crippen molar-refractivity contribution in [1.82, 2.24) is 29.4 Å². The van der Waals surface area contributed by atoms with Crippen molar-refractivity contribution in [3.8, 4) is 11.1 Å². The smallest absolute Gasteiger partial charge is 0.301 e. The van der Waals surface area contributed by atoms with Gasteiger partial charge < -0.3 is 19.7 Å². The van der Waals surface area contributed by atoms with E-state index in [2.05, 4.69) is 36.1 Å². The number of benzene rings is 3. The van der Waals surface area contributed by atoms with Crippen LogP contribution in [0.15, 0.2) is 73.1 Å². The van der Waals surface area contributed by atoms with Crippen molar-refractivity contribution in [2.45, 2.75) is 50.9 Å². The molecule has 19 heteroatoms. The number of fused-ring (bicyclic) bond motifs is 2. The molecule has 0 saturated carbocycles. The predicted octanol–water partition coefficient (Wildman–Crippen LogP) is 5.24. The van der Waals surface area contributed by atoms with Crippen molar-refractivity contribution in [2.24, 2.45) is 5.92 Å². The van der Waals surface area contributed by atoms with E-state index in [0.717, 1.165) is 97.6 Å². The SMILES string of the molecule is O=C1CCC(N2Cc3cc(N4CCC(CN5CCN(c6ccc(-c7cnc8[nH]cc(C(=O)c9c(F)ccc(NS(=O)(=O)N%10CC[C@@H](F)C%10)c9F)c8c7)cc6)CC5)CC4)ccc3C2=O)C(=O)N1. The molecule has 2 aromatic heterocycles. The number of hydrogen-bond donors (Lipinski definition) is 3. The van der Waals surface area contributed by atoms with Crippen LogP contribution in [-0.4, -0.2) is 127 Å². The Morgan fingerprint density at radius 1 is 0.833 bits per heavy atom. The van der Waals surface area contributed by atoms with E-state index < -0.39 is 57.0 Å². The molecule has 4 saturated heterocycles. The summed E-state index contributed by atoms with van der Waals surface area (Å²) in [5.41, 5.74) is 3.92. The molecular weight excluding hydrogens is 876 g/mol. The number of anilines is 3. The summed E-state index contributed by atoms with van der Waals surface area (Å²) in [5.74, 6) is -3.85. The molecule has 3 amide bonds. The number of piperazine rings is 1. The number of alkyl halides is 1. The number of rotatable bonds is 11. The Morgan fingerprint density at radius 3 is 2.30 bits per heavy atom. The zero-order valence-electron chi connectivity index (χ0n) is 35.9. The molecule has 15 nitrogen and oxygen atoms in total. The van der Waals surface area contributed by atoms with E-state index >= 15 is 8.78 Å². The summed E-state index contributed by atoms with van der Waals surface area (Å²) >= 11 is 0. The minimum atomic E-state index is -4.36. The third-order valence-corrected chi connectivity index (χ3v) is 15.2. The first-order chi connectivity index (χ1) is 31.8. The first-order valence-corrected chi connectivity index (χ1v) is 23.8. The topological polar surface area (TPSA) is 171 Å². The maximum absolute atomic E-state index is 15.8. The minimum Gasteiger partial charge on any atom is -0.372 e. The Kier molecular flexibility index (Phi) is 11.5. The molecule has 7 heterocycles. The second-order valence-corrected chi connectivity index (χ2v) is 19.5. The maximum Gasteiger partial charge on any atom is 0.301 e. The molecular formula is C47H48F3N9O6S. The highest BCUT2D eigenvalue weighted by Crippen LogP contribution is 2.34. The molecule has 3 N–H and O–H groups in total. The number of pyridine rings is 1. The Balaban J connectivity index is 0.730. The van der Waals surface area contributed by atoms with Crippen LogP contribution in [-0.2, 0) is 26.3 Å². The Labute approximate surface area is 379 Å². The third kappa shape index (κ3) is 8.39. The van der Waals surface area contributed by atoms with Gasteiger partial charge in [0.15, 0.2) is 5.82 Å². The fraction of sp³-hybridized carbons (Fsp3) is 0.383. The maximum atomic E-state index is 15.8. The number of imide groups is 1. The molecule has 0 aliphatic carbocycles. The van der Waals surface area contributed by atoms with Crippen molar-refractivity contribution in [2.75, 3.05) is 73.4 Å². The Hall–Kier alpha value is -6.31. The highest BCUT2D eigenvalue weighted by Gasteiger charge is 2.40. The predicted molar refractivity (Wildman–Crippen MR) is 241 cm³/mol. The summed E-state index contributed by atoms with van der Waals surface area (Å²) in [4.78, 5) is 67.2. The van der Waals surface area contributed by atoms with Crippen LogP contribution in [0.3, 0.4) is 0 Å². The van der Waals surface area contributed by atoms with Gasteiger partial charge in [0.1, 0.15) is 23.7 Å². The molecule has 344 valence electrons. The van der Waals surface area contributed by atoms with Crippen LogP contribution in [0.4, 0.5) is 30.2 Å². The average Bonchev–Trinajstić information content (AvgIpc) is 4.04. The summed E-state index contributed by atoms with van der Waals surface area (Å²) in [5, 5.41) is 2.70. The van der Waals surface area contributed by atoms with E-state index in [1.165, 1.54) is 6.20 Å². The average molecular weight is 924 g/mol. The van der Waals surface area contributed by atoms with E-state index in [9.17, 15) is 32.0 Å². The number of ketones is 1. The third-order valence-electron chi connectivity index (χ3n) is 13.7. The molecule has 3 aromatic carbocycles. The van der Waals surface area contributed by atoms with Crippen LogP contribution in [0.5, 0.6) is 0 Å².